The minimum Gasteiger partial charge on any atom is -0.403 e. The molecule has 2 N–H and O–H groups in total. The van der Waals surface area contributed by atoms with Crippen LogP contribution in [0.1, 0.15) is 22.8 Å². The van der Waals surface area contributed by atoms with Gasteiger partial charge in [-0.25, -0.2) is 0 Å². The Morgan fingerprint density at radius 3 is 2.41 bits per heavy atom. The zero-order chi connectivity index (χ0) is 20.1. The van der Waals surface area contributed by atoms with E-state index in [4.69, 9.17) is 4.42 Å². The Labute approximate surface area is 167 Å². The summed E-state index contributed by atoms with van der Waals surface area (Å²) in [7, 11) is 0. The fourth-order valence-corrected chi connectivity index (χ4v) is 2.73. The summed E-state index contributed by atoms with van der Waals surface area (Å²) < 4.78 is 5.69. The maximum atomic E-state index is 12.2. The molecule has 2 heterocycles. The summed E-state index contributed by atoms with van der Waals surface area (Å²) in [6.07, 6.45) is 4.13. The molecule has 1 amide bonds. The first-order valence-electron chi connectivity index (χ1n) is 9.22. The van der Waals surface area contributed by atoms with Crippen LogP contribution >= 0.6 is 0 Å². The molecule has 4 aromatic rings. The van der Waals surface area contributed by atoms with Crippen molar-refractivity contribution >= 4 is 23.3 Å². The molecule has 0 saturated heterocycles. The first-order valence-corrected chi connectivity index (χ1v) is 9.22. The number of hydrogen-bond donors (Lipinski definition) is 2. The number of nitrogens with zero attached hydrogens (tertiary/aromatic N) is 3. The predicted octanol–water partition coefficient (Wildman–Crippen LogP) is 4.69. The molecular weight excluding hydrogens is 366 g/mol. The van der Waals surface area contributed by atoms with Crippen molar-refractivity contribution in [3.8, 4) is 11.5 Å². The Bertz CT molecular complexity index is 1090. The van der Waals surface area contributed by atoms with E-state index in [-0.39, 0.29) is 5.91 Å². The van der Waals surface area contributed by atoms with Crippen molar-refractivity contribution in [2.75, 3.05) is 10.6 Å². The topological polar surface area (TPSA) is 92.9 Å². The second kappa shape index (κ2) is 8.35. The third kappa shape index (κ3) is 4.47. The number of amides is 1. The molecule has 4 rings (SSSR count). The van der Waals surface area contributed by atoms with Crippen molar-refractivity contribution in [3.63, 3.8) is 0 Å². The summed E-state index contributed by atoms with van der Waals surface area (Å²) in [6, 6.07) is 19.0. The minimum atomic E-state index is -0.218. The first-order chi connectivity index (χ1) is 14.2. The van der Waals surface area contributed by atoms with Crippen LogP contribution < -0.4 is 10.6 Å². The molecule has 0 saturated carbocycles. The van der Waals surface area contributed by atoms with Crippen LogP contribution in [0.3, 0.4) is 0 Å². The van der Waals surface area contributed by atoms with Gasteiger partial charge in [-0.05, 0) is 60.5 Å². The van der Waals surface area contributed by atoms with Crippen LogP contribution in [-0.2, 0) is 6.42 Å². The van der Waals surface area contributed by atoms with Crippen molar-refractivity contribution in [2.45, 2.75) is 13.3 Å². The lowest BCUT2D eigenvalue weighted by molar-refractivity contribution is 0.102. The number of aromatic nitrogens is 3. The molecule has 0 atom stereocenters. The molecule has 7 nitrogen and oxygen atoms in total. The summed E-state index contributed by atoms with van der Waals surface area (Å²) in [6.45, 7) is 2.11. The number of nitrogens with one attached hydrogen (secondary N) is 2. The molecule has 2 aromatic heterocycles. The van der Waals surface area contributed by atoms with Gasteiger partial charge in [0.05, 0.1) is 5.56 Å². The fourth-order valence-electron chi connectivity index (χ4n) is 2.73. The standard InChI is InChI=1S/C22H19N5O2/c1-2-15-5-9-19(10-6-15)25-22-27-26-21(29-22)16-7-11-18(12-8-16)24-20(28)17-4-3-13-23-14-17/h3-14H,2H2,1H3,(H,24,28)(H,25,27). The molecule has 144 valence electrons. The number of anilines is 3. The van der Waals surface area contributed by atoms with Crippen LogP contribution in [0.2, 0.25) is 0 Å². The van der Waals surface area contributed by atoms with Crippen LogP contribution in [0.25, 0.3) is 11.5 Å². The zero-order valence-electron chi connectivity index (χ0n) is 15.8. The summed E-state index contributed by atoms with van der Waals surface area (Å²) in [5.41, 5.74) is 4.06. The van der Waals surface area contributed by atoms with Gasteiger partial charge >= 0.3 is 6.01 Å². The van der Waals surface area contributed by atoms with Crippen molar-refractivity contribution in [2.24, 2.45) is 0 Å². The van der Waals surface area contributed by atoms with E-state index in [0.29, 0.717) is 23.2 Å². The summed E-state index contributed by atoms with van der Waals surface area (Å²) in [5, 5.41) is 14.0. The molecule has 0 spiro atoms. The SMILES string of the molecule is CCc1ccc(Nc2nnc(-c3ccc(NC(=O)c4cccnc4)cc3)o2)cc1. The number of aryl methyl sites for hydroxylation is 1. The summed E-state index contributed by atoms with van der Waals surface area (Å²) >= 11 is 0. The van der Waals surface area contributed by atoms with E-state index in [1.54, 1.807) is 30.5 Å². The van der Waals surface area contributed by atoms with Crippen LogP contribution in [0, 0.1) is 0 Å². The van der Waals surface area contributed by atoms with E-state index in [9.17, 15) is 4.79 Å². The monoisotopic (exact) mass is 385 g/mol. The van der Waals surface area contributed by atoms with E-state index in [1.807, 2.05) is 24.3 Å². The van der Waals surface area contributed by atoms with Gasteiger partial charge in [0.2, 0.25) is 5.89 Å². The molecule has 0 fully saturated rings. The van der Waals surface area contributed by atoms with E-state index in [0.717, 1.165) is 17.7 Å². The normalized spacial score (nSPS) is 10.5. The highest BCUT2D eigenvalue weighted by Crippen LogP contribution is 2.24. The van der Waals surface area contributed by atoms with Gasteiger partial charge in [-0.1, -0.05) is 24.2 Å². The van der Waals surface area contributed by atoms with Gasteiger partial charge < -0.3 is 15.1 Å². The minimum absolute atomic E-state index is 0.218. The number of pyridine rings is 1. The number of carbonyl (C=O) groups excluding carboxylic acids is 1. The number of hydrogen-bond acceptors (Lipinski definition) is 6. The average molecular weight is 385 g/mol. The first kappa shape index (κ1) is 18.4. The van der Waals surface area contributed by atoms with E-state index in [2.05, 4.69) is 44.9 Å². The molecule has 0 unspecified atom stereocenters. The smallest absolute Gasteiger partial charge is 0.320 e. The Kier molecular flexibility index (Phi) is 5.29. The molecule has 29 heavy (non-hydrogen) atoms. The molecule has 7 heteroatoms. The van der Waals surface area contributed by atoms with E-state index in [1.165, 1.54) is 11.8 Å². The molecule has 0 aliphatic heterocycles. The average Bonchev–Trinajstić information content (AvgIpc) is 3.24. The highest BCUT2D eigenvalue weighted by atomic mass is 16.4. The third-order valence-corrected chi connectivity index (χ3v) is 4.35. The molecule has 0 bridgehead atoms. The second-order valence-corrected chi connectivity index (χ2v) is 6.36. The Hall–Kier alpha value is -4.00. The van der Waals surface area contributed by atoms with Gasteiger partial charge in [0.15, 0.2) is 0 Å². The van der Waals surface area contributed by atoms with Crippen LogP contribution in [0.5, 0.6) is 0 Å². The van der Waals surface area contributed by atoms with Crippen molar-refractivity contribution in [3.05, 3.63) is 84.2 Å². The maximum absolute atomic E-state index is 12.2. The lowest BCUT2D eigenvalue weighted by Gasteiger charge is -2.05. The lowest BCUT2D eigenvalue weighted by atomic mass is 10.1. The Morgan fingerprint density at radius 1 is 0.966 bits per heavy atom. The lowest BCUT2D eigenvalue weighted by Crippen LogP contribution is -2.11. The quantitative estimate of drug-likeness (QED) is 0.500. The molecular formula is C22H19N5O2. The number of carbonyl (C=O) groups is 1. The molecule has 2 aromatic carbocycles. The highest BCUT2D eigenvalue weighted by molar-refractivity contribution is 6.04. The molecule has 0 radical (unpaired) electrons. The van der Waals surface area contributed by atoms with Crippen molar-refractivity contribution in [1.82, 2.24) is 15.2 Å². The molecule has 0 aliphatic rings. The van der Waals surface area contributed by atoms with E-state index < -0.39 is 0 Å². The van der Waals surface area contributed by atoms with Gasteiger partial charge in [0.25, 0.3) is 5.91 Å². The maximum Gasteiger partial charge on any atom is 0.320 e. The summed E-state index contributed by atoms with van der Waals surface area (Å²) in [5.74, 6) is 0.173. The predicted molar refractivity (Wildman–Crippen MR) is 111 cm³/mol. The van der Waals surface area contributed by atoms with Gasteiger partial charge in [0.1, 0.15) is 0 Å². The van der Waals surface area contributed by atoms with Crippen LogP contribution in [0.4, 0.5) is 17.4 Å². The van der Waals surface area contributed by atoms with Gasteiger partial charge in [-0.2, -0.15) is 0 Å². The second-order valence-electron chi connectivity index (χ2n) is 6.36. The highest BCUT2D eigenvalue weighted by Gasteiger charge is 2.10. The third-order valence-electron chi connectivity index (χ3n) is 4.35. The Morgan fingerprint density at radius 2 is 1.72 bits per heavy atom. The van der Waals surface area contributed by atoms with Crippen LogP contribution in [0.15, 0.2) is 77.5 Å². The van der Waals surface area contributed by atoms with E-state index >= 15 is 0 Å². The van der Waals surface area contributed by atoms with Crippen molar-refractivity contribution < 1.29 is 9.21 Å². The zero-order valence-corrected chi connectivity index (χ0v) is 15.8. The number of benzene rings is 2. The fraction of sp³-hybridized carbons (Fsp3) is 0.0909. The number of rotatable bonds is 6. The van der Waals surface area contributed by atoms with Crippen molar-refractivity contribution in [1.29, 1.82) is 0 Å². The van der Waals surface area contributed by atoms with Gasteiger partial charge in [-0.15, -0.1) is 5.10 Å². The van der Waals surface area contributed by atoms with Crippen LogP contribution in [-0.4, -0.2) is 21.1 Å². The summed E-state index contributed by atoms with van der Waals surface area (Å²) in [4.78, 5) is 16.1. The molecule has 0 aliphatic carbocycles. The van der Waals surface area contributed by atoms with Gasteiger partial charge in [0, 0.05) is 29.3 Å². The van der Waals surface area contributed by atoms with Gasteiger partial charge in [-0.3, -0.25) is 9.78 Å². The largest absolute Gasteiger partial charge is 0.403 e. The Balaban J connectivity index is 1.42.